The minimum Gasteiger partial charge on any atom is -0.593 e. The van der Waals surface area contributed by atoms with Crippen LogP contribution >= 0.6 is 0 Å². The van der Waals surface area contributed by atoms with E-state index in [1.54, 1.807) is 42.3 Å². The highest BCUT2D eigenvalue weighted by atomic mass is 32.3. The van der Waals surface area contributed by atoms with Crippen molar-refractivity contribution in [2.24, 2.45) is 4.99 Å². The van der Waals surface area contributed by atoms with Gasteiger partial charge in [0.2, 0.25) is 0 Å². The second-order valence-corrected chi connectivity index (χ2v) is 11.1. The number of aliphatic imine (C=N–C) groups is 1. The fourth-order valence-corrected chi connectivity index (χ4v) is 6.93. The molecule has 2 aromatic carbocycles. The van der Waals surface area contributed by atoms with Crippen molar-refractivity contribution < 1.29 is 18.3 Å². The summed E-state index contributed by atoms with van der Waals surface area (Å²) in [5.41, 5.74) is -0.237. The minimum atomic E-state index is -3.72. The fraction of sp³-hybridized carbons (Fsp3) is 0.440. The number of urea groups is 1. The van der Waals surface area contributed by atoms with Crippen molar-refractivity contribution in [2.75, 3.05) is 25.1 Å². The number of carbonyl (C=O) groups excluding carboxylic acids is 1. The molecular formula is C25H30N4O4S. The molecule has 9 heteroatoms. The van der Waals surface area contributed by atoms with E-state index in [0.717, 1.165) is 25.7 Å². The van der Waals surface area contributed by atoms with Gasteiger partial charge in [0.1, 0.15) is 17.1 Å². The standard InChI is InChI=1S/C25H30N4O4S/c1-33-21-12-7-11-20(17-21)29-24(30)27-23(26-19-9-5-6-10-19)25(29)15-8-16-28(18-25)34(31,32)22-13-3-2-4-14-22/h2-4,7,11-14,17,19H,5-6,8-10,15-16,18H2,1H3,(H-,26,27,30,31,32). The molecule has 3 aliphatic rings. The van der Waals surface area contributed by atoms with E-state index in [2.05, 4.69) is 5.32 Å². The van der Waals surface area contributed by atoms with Crippen LogP contribution in [0.4, 0.5) is 10.5 Å². The third-order valence-corrected chi connectivity index (χ3v) is 8.92. The molecule has 2 saturated heterocycles. The summed E-state index contributed by atoms with van der Waals surface area (Å²) in [5, 5.41) is 3.01. The Morgan fingerprint density at radius 2 is 1.88 bits per heavy atom. The molecule has 0 bridgehead atoms. The molecule has 2 aromatic rings. The van der Waals surface area contributed by atoms with E-state index in [1.165, 1.54) is 4.31 Å². The number of anilines is 1. The summed E-state index contributed by atoms with van der Waals surface area (Å²) in [6.07, 6.45) is 5.45. The number of hydrogen-bond acceptors (Lipinski definition) is 5. The van der Waals surface area contributed by atoms with Gasteiger partial charge in [-0.15, -0.1) is 4.31 Å². The zero-order valence-electron chi connectivity index (χ0n) is 19.3. The molecule has 1 saturated carbocycles. The Balaban J connectivity index is 1.58. The van der Waals surface area contributed by atoms with Crippen LogP contribution < -0.4 is 15.0 Å². The molecule has 1 spiro atoms. The number of amidine groups is 1. The summed E-state index contributed by atoms with van der Waals surface area (Å²) in [7, 11) is -2.14. The van der Waals surface area contributed by atoms with E-state index in [4.69, 9.17) is 9.73 Å². The topological polar surface area (TPSA) is 97.3 Å². The molecule has 1 aliphatic carbocycles. The summed E-state index contributed by atoms with van der Waals surface area (Å²) in [6.45, 7) is 0.543. The Morgan fingerprint density at radius 3 is 2.62 bits per heavy atom. The molecule has 2 unspecified atom stereocenters. The van der Waals surface area contributed by atoms with Gasteiger partial charge in [-0.1, -0.05) is 41.3 Å². The second-order valence-electron chi connectivity index (χ2n) is 9.17. The highest BCUT2D eigenvalue weighted by Gasteiger charge is 2.56. The van der Waals surface area contributed by atoms with E-state index in [9.17, 15) is 13.6 Å². The molecular weight excluding hydrogens is 452 g/mol. The van der Waals surface area contributed by atoms with Gasteiger partial charge in [0.15, 0.2) is 15.3 Å². The summed E-state index contributed by atoms with van der Waals surface area (Å²) >= 11 is 0. The van der Waals surface area contributed by atoms with Gasteiger partial charge in [-0.25, -0.2) is 4.79 Å². The maximum absolute atomic E-state index is 13.5. The molecule has 5 rings (SSSR count). The lowest BCUT2D eigenvalue weighted by molar-refractivity contribution is 0.236. The van der Waals surface area contributed by atoms with Gasteiger partial charge in [0.05, 0.1) is 25.4 Å². The molecule has 0 radical (unpaired) electrons. The number of sulfonamides is 1. The van der Waals surface area contributed by atoms with E-state index in [-0.39, 0.29) is 23.5 Å². The van der Waals surface area contributed by atoms with Crippen LogP contribution in [0.2, 0.25) is 0 Å². The predicted molar refractivity (Wildman–Crippen MR) is 131 cm³/mol. The van der Waals surface area contributed by atoms with Gasteiger partial charge >= 0.3 is 6.03 Å². The van der Waals surface area contributed by atoms with Gasteiger partial charge < -0.3 is 9.29 Å². The van der Waals surface area contributed by atoms with Gasteiger partial charge in [-0.3, -0.25) is 15.2 Å². The van der Waals surface area contributed by atoms with Crippen molar-refractivity contribution in [3.8, 4) is 5.75 Å². The van der Waals surface area contributed by atoms with Crippen LogP contribution in [-0.2, 0) is 14.6 Å². The number of nitrogens with zero attached hydrogens (tertiary/aromatic N) is 3. The minimum absolute atomic E-state index is 0.145. The van der Waals surface area contributed by atoms with Crippen LogP contribution in [0.15, 0.2) is 64.5 Å². The summed E-state index contributed by atoms with van der Waals surface area (Å²) in [4.78, 5) is 20.3. The molecule has 2 atom stereocenters. The number of hydrogen-bond donors (Lipinski definition) is 1. The van der Waals surface area contributed by atoms with Gasteiger partial charge in [-0.05, 0) is 49.9 Å². The van der Waals surface area contributed by atoms with Crippen molar-refractivity contribution in [1.82, 2.24) is 9.62 Å². The lowest BCUT2D eigenvalue weighted by Crippen LogP contribution is -2.62. The first-order chi connectivity index (χ1) is 16.4. The number of piperidine rings is 1. The smallest absolute Gasteiger partial charge is 0.328 e. The molecule has 3 fully saturated rings. The molecule has 1 N–H and O–H groups in total. The quantitative estimate of drug-likeness (QED) is 0.651. The van der Waals surface area contributed by atoms with Crippen molar-refractivity contribution in [2.45, 2.75) is 55.0 Å². The average Bonchev–Trinajstić information content (AvgIpc) is 3.46. The SMILES string of the molecule is COc1cccc(N2C(=O)NC(=NC3CCCC3)C23CCCN([S+](=O)([O-])c2ccccc2)C3)c1. The predicted octanol–water partition coefficient (Wildman–Crippen LogP) is 4.00. The summed E-state index contributed by atoms with van der Waals surface area (Å²) in [5.74, 6) is 1.21. The van der Waals surface area contributed by atoms with Crippen LogP contribution in [0.3, 0.4) is 0 Å². The molecule has 8 nitrogen and oxygen atoms in total. The summed E-state index contributed by atoms with van der Waals surface area (Å²) < 4.78 is 34.0. The van der Waals surface area contributed by atoms with Crippen molar-refractivity contribution in [3.63, 3.8) is 0 Å². The zero-order chi connectivity index (χ0) is 23.8. The first kappa shape index (κ1) is 23.0. The lowest BCUT2D eigenvalue weighted by atomic mass is 9.87. The molecule has 180 valence electrons. The van der Waals surface area contributed by atoms with Crippen LogP contribution in [0.1, 0.15) is 38.5 Å². The lowest BCUT2D eigenvalue weighted by Gasteiger charge is -2.44. The number of amides is 2. The van der Waals surface area contributed by atoms with Crippen molar-refractivity contribution >= 4 is 28.0 Å². The maximum Gasteiger partial charge on any atom is 0.328 e. The zero-order valence-corrected chi connectivity index (χ0v) is 20.1. The monoisotopic (exact) mass is 482 g/mol. The number of ether oxygens (including phenoxy) is 1. The summed E-state index contributed by atoms with van der Waals surface area (Å²) in [6, 6.07) is 15.7. The van der Waals surface area contributed by atoms with Crippen molar-refractivity contribution in [3.05, 3.63) is 54.6 Å². The van der Waals surface area contributed by atoms with Crippen LogP contribution in [0.25, 0.3) is 0 Å². The van der Waals surface area contributed by atoms with Crippen LogP contribution in [0.5, 0.6) is 5.75 Å². The van der Waals surface area contributed by atoms with Gasteiger partial charge in [-0.2, -0.15) is 0 Å². The molecule has 2 heterocycles. The number of methoxy groups -OCH3 is 1. The van der Waals surface area contributed by atoms with E-state index in [1.807, 2.05) is 24.3 Å². The number of benzene rings is 2. The van der Waals surface area contributed by atoms with E-state index in [0.29, 0.717) is 36.7 Å². The largest absolute Gasteiger partial charge is 0.593 e. The normalized spacial score (nSPS) is 26.7. The Kier molecular flexibility index (Phi) is 6.18. The van der Waals surface area contributed by atoms with E-state index < -0.39 is 15.9 Å². The van der Waals surface area contributed by atoms with Crippen LogP contribution in [0, 0.1) is 0 Å². The van der Waals surface area contributed by atoms with Crippen LogP contribution in [-0.4, -0.2) is 52.5 Å². The van der Waals surface area contributed by atoms with Gasteiger partial charge in [0, 0.05) is 12.6 Å². The number of nitrogens with one attached hydrogen (secondary N) is 1. The fourth-order valence-electron chi connectivity index (χ4n) is 5.38. The first-order valence-corrected chi connectivity index (χ1v) is 13.3. The Hall–Kier alpha value is -2.75. The van der Waals surface area contributed by atoms with Crippen molar-refractivity contribution in [1.29, 1.82) is 0 Å². The molecule has 34 heavy (non-hydrogen) atoms. The number of rotatable bonds is 5. The molecule has 2 aliphatic heterocycles. The molecule has 0 aromatic heterocycles. The average molecular weight is 483 g/mol. The third kappa shape index (κ3) is 4.01. The maximum atomic E-state index is 13.5. The first-order valence-electron chi connectivity index (χ1n) is 11.8. The van der Waals surface area contributed by atoms with E-state index >= 15 is 0 Å². The highest BCUT2D eigenvalue weighted by Crippen LogP contribution is 2.40. The Morgan fingerprint density at radius 1 is 1.12 bits per heavy atom. The number of carbonyl (C=O) groups is 1. The Labute approximate surface area is 201 Å². The van der Waals surface area contributed by atoms with Gasteiger partial charge in [0.25, 0.3) is 0 Å². The third-order valence-electron chi connectivity index (χ3n) is 7.06. The molecule has 2 amide bonds. The second kappa shape index (κ2) is 9.13. The highest BCUT2D eigenvalue weighted by molar-refractivity contribution is 7.95. The Bertz CT molecular complexity index is 1130.